The molecule has 0 unspecified atom stereocenters. The van der Waals surface area contributed by atoms with Crippen LogP contribution < -0.4 is 10.6 Å². The van der Waals surface area contributed by atoms with Gasteiger partial charge < -0.3 is 15.2 Å². The van der Waals surface area contributed by atoms with Gasteiger partial charge in [-0.2, -0.15) is 0 Å². The van der Waals surface area contributed by atoms with Gasteiger partial charge in [0.2, 0.25) is 5.91 Å². The van der Waals surface area contributed by atoms with Crippen molar-refractivity contribution in [2.75, 3.05) is 11.1 Å². The molecule has 0 saturated carbocycles. The third-order valence-electron chi connectivity index (χ3n) is 5.12. The number of nitrogens with zero attached hydrogens (tertiary/aromatic N) is 3. The predicted molar refractivity (Wildman–Crippen MR) is 135 cm³/mol. The fraction of sp³-hybridized carbons (Fsp3) is 0.333. The number of nitrogens with one attached hydrogen (secondary N) is 2. The lowest BCUT2D eigenvalue weighted by atomic mass is 10.0. The highest BCUT2D eigenvalue weighted by Crippen LogP contribution is 2.26. The predicted octanol–water partition coefficient (Wildman–Crippen LogP) is 5.23. The van der Waals surface area contributed by atoms with Crippen LogP contribution in [0.25, 0.3) is 0 Å². The fourth-order valence-electron chi connectivity index (χ4n) is 3.36. The maximum absolute atomic E-state index is 12.7. The Morgan fingerprint density at radius 1 is 1.12 bits per heavy atom. The number of halogens is 1. The third kappa shape index (κ3) is 6.45. The average Bonchev–Trinajstić information content (AvgIpc) is 3.20. The van der Waals surface area contributed by atoms with E-state index in [1.165, 1.54) is 11.8 Å². The zero-order valence-electron chi connectivity index (χ0n) is 19.1. The molecule has 3 rings (SSSR count). The van der Waals surface area contributed by atoms with Crippen molar-refractivity contribution >= 4 is 45.2 Å². The summed E-state index contributed by atoms with van der Waals surface area (Å²) in [7, 11) is 0. The van der Waals surface area contributed by atoms with Crippen molar-refractivity contribution in [3.63, 3.8) is 0 Å². The Hall–Kier alpha value is -2.65. The molecule has 1 aromatic heterocycles. The number of anilines is 1. The molecule has 1 heterocycles. The second kappa shape index (κ2) is 11.5. The highest BCUT2D eigenvalue weighted by atomic mass is 79.9. The molecule has 0 saturated heterocycles. The van der Waals surface area contributed by atoms with Crippen molar-refractivity contribution in [2.45, 2.75) is 45.4 Å². The van der Waals surface area contributed by atoms with Gasteiger partial charge in [0.05, 0.1) is 11.8 Å². The van der Waals surface area contributed by atoms with E-state index >= 15 is 0 Å². The lowest BCUT2D eigenvalue weighted by Gasteiger charge is -2.22. The van der Waals surface area contributed by atoms with Crippen molar-refractivity contribution < 1.29 is 9.59 Å². The van der Waals surface area contributed by atoms with Gasteiger partial charge in [0.15, 0.2) is 11.0 Å². The topological polar surface area (TPSA) is 88.9 Å². The maximum Gasteiger partial charge on any atom is 0.251 e. The molecule has 9 heteroatoms. The number of rotatable bonds is 9. The number of carbonyl (C=O) groups excluding carboxylic acids is 2. The summed E-state index contributed by atoms with van der Waals surface area (Å²) in [6, 6.07) is 14.5. The number of thioether (sulfide) groups is 1. The van der Waals surface area contributed by atoms with E-state index in [0.29, 0.717) is 23.1 Å². The minimum absolute atomic E-state index is 0.105. The van der Waals surface area contributed by atoms with Crippen LogP contribution in [0.3, 0.4) is 0 Å². The molecule has 0 aliphatic heterocycles. The summed E-state index contributed by atoms with van der Waals surface area (Å²) in [5, 5.41) is 15.4. The second-order valence-electron chi connectivity index (χ2n) is 7.94. The summed E-state index contributed by atoms with van der Waals surface area (Å²) >= 11 is 4.76. The molecule has 0 fully saturated rings. The highest BCUT2D eigenvalue weighted by Gasteiger charge is 2.26. The van der Waals surface area contributed by atoms with Crippen LogP contribution in [-0.2, 0) is 11.3 Å². The SMILES string of the molecule is CCn1c(SCC(=O)Nc2ccc(Br)cc2C)nnc1[C@@H](NC(=O)c1ccccc1)C(C)C. The van der Waals surface area contributed by atoms with Crippen LogP contribution in [0.1, 0.15) is 48.6 Å². The molecule has 2 N–H and O–H groups in total. The number of hydrogen-bond donors (Lipinski definition) is 2. The van der Waals surface area contributed by atoms with E-state index in [1.54, 1.807) is 12.1 Å². The first-order chi connectivity index (χ1) is 15.8. The Morgan fingerprint density at radius 2 is 1.85 bits per heavy atom. The van der Waals surface area contributed by atoms with E-state index in [4.69, 9.17) is 0 Å². The van der Waals surface area contributed by atoms with Crippen molar-refractivity contribution in [2.24, 2.45) is 5.92 Å². The molecule has 3 aromatic rings. The lowest BCUT2D eigenvalue weighted by molar-refractivity contribution is -0.113. The van der Waals surface area contributed by atoms with E-state index in [2.05, 4.69) is 36.8 Å². The Balaban J connectivity index is 1.70. The molecule has 33 heavy (non-hydrogen) atoms. The van der Waals surface area contributed by atoms with Crippen molar-refractivity contribution in [3.8, 4) is 0 Å². The molecule has 0 bridgehead atoms. The summed E-state index contributed by atoms with van der Waals surface area (Å²) in [6.45, 7) is 8.64. The summed E-state index contributed by atoms with van der Waals surface area (Å²) < 4.78 is 2.92. The Morgan fingerprint density at radius 3 is 2.48 bits per heavy atom. The standard InChI is InChI=1S/C24H28BrN5O2S/c1-5-30-22(21(15(2)3)27-23(32)17-9-7-6-8-10-17)28-29-24(30)33-14-20(31)26-19-12-11-18(25)13-16(19)4/h6-13,15,21H,5,14H2,1-4H3,(H,26,31)(H,27,32)/t21-/m0/s1. The first-order valence-corrected chi connectivity index (χ1v) is 12.6. The summed E-state index contributed by atoms with van der Waals surface area (Å²) in [6.07, 6.45) is 0. The van der Waals surface area contributed by atoms with Crippen LogP contribution in [0, 0.1) is 12.8 Å². The number of carbonyl (C=O) groups is 2. The molecule has 7 nitrogen and oxygen atoms in total. The van der Waals surface area contributed by atoms with Gasteiger partial charge in [-0.25, -0.2) is 0 Å². The van der Waals surface area contributed by atoms with E-state index in [-0.39, 0.29) is 29.5 Å². The molecular formula is C24H28BrN5O2S. The molecule has 2 aromatic carbocycles. The molecule has 0 spiro atoms. The first kappa shape index (κ1) is 25.0. The second-order valence-corrected chi connectivity index (χ2v) is 9.80. The van der Waals surface area contributed by atoms with Crippen LogP contribution in [0.15, 0.2) is 58.2 Å². The zero-order valence-corrected chi connectivity index (χ0v) is 21.5. The van der Waals surface area contributed by atoms with Gasteiger partial charge in [-0.05, 0) is 55.7 Å². The number of hydrogen-bond acceptors (Lipinski definition) is 5. The quantitative estimate of drug-likeness (QED) is 0.370. The highest BCUT2D eigenvalue weighted by molar-refractivity contribution is 9.10. The van der Waals surface area contributed by atoms with Crippen LogP contribution in [0.2, 0.25) is 0 Å². The monoisotopic (exact) mass is 529 g/mol. The van der Waals surface area contributed by atoms with Crippen molar-refractivity contribution in [3.05, 3.63) is 70.0 Å². The van der Waals surface area contributed by atoms with Crippen LogP contribution in [-0.4, -0.2) is 32.3 Å². The van der Waals surface area contributed by atoms with Gasteiger partial charge in [0, 0.05) is 22.3 Å². The Kier molecular flexibility index (Phi) is 8.68. The van der Waals surface area contributed by atoms with E-state index in [9.17, 15) is 9.59 Å². The molecule has 0 aliphatic carbocycles. The van der Waals surface area contributed by atoms with Gasteiger partial charge in [-0.3, -0.25) is 9.59 Å². The number of aromatic nitrogens is 3. The number of amides is 2. The van der Waals surface area contributed by atoms with Gasteiger partial charge in [0.1, 0.15) is 0 Å². The largest absolute Gasteiger partial charge is 0.342 e. The molecular weight excluding hydrogens is 502 g/mol. The molecule has 0 aliphatic rings. The minimum atomic E-state index is -0.307. The molecule has 0 radical (unpaired) electrons. The zero-order chi connectivity index (χ0) is 24.0. The Bertz CT molecular complexity index is 1120. The van der Waals surface area contributed by atoms with Crippen molar-refractivity contribution in [1.29, 1.82) is 0 Å². The third-order valence-corrected chi connectivity index (χ3v) is 6.58. The number of benzene rings is 2. The van der Waals surface area contributed by atoms with Crippen LogP contribution >= 0.6 is 27.7 Å². The smallest absolute Gasteiger partial charge is 0.251 e. The van der Waals surface area contributed by atoms with Gasteiger partial charge in [-0.15, -0.1) is 10.2 Å². The average molecular weight is 530 g/mol. The number of aryl methyl sites for hydroxylation is 1. The lowest BCUT2D eigenvalue weighted by Crippen LogP contribution is -2.33. The summed E-state index contributed by atoms with van der Waals surface area (Å²) in [5.41, 5.74) is 2.36. The summed E-state index contributed by atoms with van der Waals surface area (Å²) in [4.78, 5) is 25.3. The molecule has 174 valence electrons. The van der Waals surface area contributed by atoms with E-state index in [0.717, 1.165) is 15.7 Å². The minimum Gasteiger partial charge on any atom is -0.342 e. The Labute approximate surface area is 206 Å². The summed E-state index contributed by atoms with van der Waals surface area (Å²) in [5.74, 6) is 0.724. The van der Waals surface area contributed by atoms with Crippen LogP contribution in [0.4, 0.5) is 5.69 Å². The molecule has 2 amide bonds. The van der Waals surface area contributed by atoms with Crippen molar-refractivity contribution in [1.82, 2.24) is 20.1 Å². The van der Waals surface area contributed by atoms with Gasteiger partial charge in [0.25, 0.3) is 5.91 Å². The van der Waals surface area contributed by atoms with Crippen LogP contribution in [0.5, 0.6) is 0 Å². The fourth-order valence-corrected chi connectivity index (χ4v) is 4.65. The molecule has 1 atom stereocenters. The first-order valence-electron chi connectivity index (χ1n) is 10.8. The van der Waals surface area contributed by atoms with Gasteiger partial charge in [-0.1, -0.05) is 59.7 Å². The van der Waals surface area contributed by atoms with E-state index < -0.39 is 0 Å². The normalized spacial score (nSPS) is 11.9. The van der Waals surface area contributed by atoms with E-state index in [1.807, 2.05) is 68.7 Å². The van der Waals surface area contributed by atoms with Gasteiger partial charge >= 0.3 is 0 Å². The maximum atomic E-state index is 12.7.